The third kappa shape index (κ3) is 3.95. The molecule has 0 atom stereocenters. The second-order valence-corrected chi connectivity index (χ2v) is 6.74. The topological polar surface area (TPSA) is 51.1 Å². The fraction of sp³-hybridized carbons (Fsp3) is 0.412. The molecule has 1 aromatic carbocycles. The van der Waals surface area contributed by atoms with E-state index in [1.54, 1.807) is 12.0 Å². The number of amides is 1. The van der Waals surface area contributed by atoms with Crippen LogP contribution in [-0.2, 0) is 4.79 Å². The van der Waals surface area contributed by atoms with Crippen molar-refractivity contribution in [3.05, 3.63) is 27.1 Å². The van der Waals surface area contributed by atoms with Gasteiger partial charge in [-0.1, -0.05) is 15.9 Å². The molecular formula is C17H21BrN2O3S. The predicted octanol–water partition coefficient (Wildman–Crippen LogP) is 4.17. The standard InChI is InChI=1S/C17H21BrN2O3S/c1-5-19-17-20(6-2)16(21)15(24-17)9-11-8-13(22-4)14(23-7-3)10-12(11)18/h8-10H,5-7H2,1-4H3/b15-9+,19-17?. The van der Waals surface area contributed by atoms with Gasteiger partial charge in [-0.25, -0.2) is 0 Å². The van der Waals surface area contributed by atoms with Crippen molar-refractivity contribution in [2.24, 2.45) is 4.99 Å². The van der Waals surface area contributed by atoms with E-state index in [-0.39, 0.29) is 5.91 Å². The summed E-state index contributed by atoms with van der Waals surface area (Å²) < 4.78 is 11.8. The quantitative estimate of drug-likeness (QED) is 0.657. The van der Waals surface area contributed by atoms with Crippen LogP contribution >= 0.6 is 27.7 Å². The van der Waals surface area contributed by atoms with E-state index < -0.39 is 0 Å². The fourth-order valence-electron chi connectivity index (χ4n) is 2.27. The molecule has 0 aromatic heterocycles. The zero-order valence-corrected chi connectivity index (χ0v) is 16.7. The number of carbonyl (C=O) groups excluding carboxylic acids is 1. The summed E-state index contributed by atoms with van der Waals surface area (Å²) in [5, 5.41) is 0.755. The van der Waals surface area contributed by atoms with Crippen molar-refractivity contribution < 1.29 is 14.3 Å². The monoisotopic (exact) mass is 412 g/mol. The van der Waals surface area contributed by atoms with Crippen molar-refractivity contribution in [1.82, 2.24) is 4.90 Å². The van der Waals surface area contributed by atoms with E-state index in [0.29, 0.717) is 36.1 Å². The van der Waals surface area contributed by atoms with Gasteiger partial charge >= 0.3 is 0 Å². The van der Waals surface area contributed by atoms with Gasteiger partial charge in [-0.3, -0.25) is 14.7 Å². The summed E-state index contributed by atoms with van der Waals surface area (Å²) in [7, 11) is 1.60. The average molecular weight is 413 g/mol. The van der Waals surface area contributed by atoms with Crippen LogP contribution in [0.2, 0.25) is 0 Å². The number of methoxy groups -OCH3 is 1. The fourth-order valence-corrected chi connectivity index (χ4v) is 3.80. The molecule has 0 unspecified atom stereocenters. The van der Waals surface area contributed by atoms with Gasteiger partial charge in [0, 0.05) is 17.6 Å². The number of likely N-dealkylation sites (N-methyl/N-ethyl adjacent to an activating group) is 1. The SMILES string of the molecule is CCN=C1S/C(=C/c2cc(OC)c(OCC)cc2Br)C(=O)N1CC. The Morgan fingerprint density at radius 1 is 1.29 bits per heavy atom. The van der Waals surface area contributed by atoms with Gasteiger partial charge in [-0.15, -0.1) is 0 Å². The van der Waals surface area contributed by atoms with Crippen LogP contribution in [0, 0.1) is 0 Å². The molecule has 2 rings (SSSR count). The lowest BCUT2D eigenvalue weighted by molar-refractivity contribution is -0.122. The lowest BCUT2D eigenvalue weighted by Crippen LogP contribution is -2.28. The number of hydrogen-bond acceptors (Lipinski definition) is 5. The maximum Gasteiger partial charge on any atom is 0.266 e. The first kappa shape index (κ1) is 18.9. The third-order valence-corrected chi connectivity index (χ3v) is 5.10. The highest BCUT2D eigenvalue weighted by atomic mass is 79.9. The number of benzene rings is 1. The Kier molecular flexibility index (Phi) is 6.74. The van der Waals surface area contributed by atoms with Crippen LogP contribution in [0.4, 0.5) is 0 Å². The van der Waals surface area contributed by atoms with Crippen LogP contribution in [0.15, 0.2) is 26.5 Å². The highest BCUT2D eigenvalue weighted by molar-refractivity contribution is 9.10. The van der Waals surface area contributed by atoms with Crippen molar-refractivity contribution >= 4 is 44.8 Å². The number of amidine groups is 1. The van der Waals surface area contributed by atoms with Gasteiger partial charge in [-0.05, 0) is 56.3 Å². The van der Waals surface area contributed by atoms with Crippen molar-refractivity contribution in [3.8, 4) is 11.5 Å². The molecule has 130 valence electrons. The number of nitrogens with zero attached hydrogens (tertiary/aromatic N) is 2. The molecule has 0 aliphatic carbocycles. The van der Waals surface area contributed by atoms with Crippen LogP contribution in [-0.4, -0.2) is 42.8 Å². The van der Waals surface area contributed by atoms with E-state index >= 15 is 0 Å². The Balaban J connectivity index is 2.41. The maximum atomic E-state index is 12.5. The predicted molar refractivity (Wildman–Crippen MR) is 103 cm³/mol. The minimum atomic E-state index is -0.0190. The van der Waals surface area contributed by atoms with Gasteiger partial charge in [0.15, 0.2) is 16.7 Å². The van der Waals surface area contributed by atoms with Gasteiger partial charge in [0.05, 0.1) is 18.6 Å². The summed E-state index contributed by atoms with van der Waals surface area (Å²) in [6.07, 6.45) is 1.86. The number of rotatable bonds is 6. The van der Waals surface area contributed by atoms with E-state index in [2.05, 4.69) is 20.9 Å². The molecule has 24 heavy (non-hydrogen) atoms. The normalized spacial score (nSPS) is 17.9. The summed E-state index contributed by atoms with van der Waals surface area (Å²) in [6, 6.07) is 3.72. The molecule has 0 N–H and O–H groups in total. The molecule has 0 spiro atoms. The number of ether oxygens (including phenoxy) is 2. The van der Waals surface area contributed by atoms with Crippen molar-refractivity contribution in [1.29, 1.82) is 0 Å². The maximum absolute atomic E-state index is 12.5. The number of halogens is 1. The van der Waals surface area contributed by atoms with Crippen LogP contribution in [0.25, 0.3) is 6.08 Å². The zero-order chi connectivity index (χ0) is 17.7. The summed E-state index contributed by atoms with van der Waals surface area (Å²) in [5.74, 6) is 1.29. The van der Waals surface area contributed by atoms with Gasteiger partial charge in [0.25, 0.3) is 5.91 Å². The molecule has 5 nitrogen and oxygen atoms in total. The largest absolute Gasteiger partial charge is 0.493 e. The number of aliphatic imine (C=N–C) groups is 1. The first-order valence-corrected chi connectivity index (χ1v) is 9.42. The summed E-state index contributed by atoms with van der Waals surface area (Å²) in [6.45, 7) is 7.64. The minimum absolute atomic E-state index is 0.0190. The second-order valence-electron chi connectivity index (χ2n) is 4.87. The molecule has 0 radical (unpaired) electrons. The highest BCUT2D eigenvalue weighted by Gasteiger charge is 2.32. The lowest BCUT2D eigenvalue weighted by atomic mass is 10.2. The molecule has 0 bridgehead atoms. The molecule has 1 aliphatic rings. The molecule has 1 fully saturated rings. The highest BCUT2D eigenvalue weighted by Crippen LogP contribution is 2.38. The lowest BCUT2D eigenvalue weighted by Gasteiger charge is -2.12. The van der Waals surface area contributed by atoms with E-state index in [1.807, 2.05) is 39.0 Å². The number of thioether (sulfide) groups is 1. The number of hydrogen-bond donors (Lipinski definition) is 0. The Bertz CT molecular complexity index is 689. The molecule has 1 amide bonds. The minimum Gasteiger partial charge on any atom is -0.493 e. The molecule has 1 saturated heterocycles. The first-order chi connectivity index (χ1) is 11.5. The second kappa shape index (κ2) is 8.58. The summed E-state index contributed by atoms with van der Waals surface area (Å²) in [5.41, 5.74) is 0.861. The molecule has 1 heterocycles. The smallest absolute Gasteiger partial charge is 0.266 e. The third-order valence-electron chi connectivity index (χ3n) is 3.37. The first-order valence-electron chi connectivity index (χ1n) is 7.81. The Morgan fingerprint density at radius 2 is 2.04 bits per heavy atom. The van der Waals surface area contributed by atoms with Crippen LogP contribution in [0.3, 0.4) is 0 Å². The van der Waals surface area contributed by atoms with Gasteiger partial charge in [-0.2, -0.15) is 0 Å². The Hall–Kier alpha value is -1.47. The van der Waals surface area contributed by atoms with E-state index in [0.717, 1.165) is 15.2 Å². The van der Waals surface area contributed by atoms with E-state index in [9.17, 15) is 4.79 Å². The summed E-state index contributed by atoms with van der Waals surface area (Å²) >= 11 is 4.94. The molecule has 7 heteroatoms. The molecule has 0 saturated carbocycles. The van der Waals surface area contributed by atoms with E-state index in [1.165, 1.54) is 11.8 Å². The van der Waals surface area contributed by atoms with Crippen molar-refractivity contribution in [3.63, 3.8) is 0 Å². The Morgan fingerprint density at radius 3 is 2.62 bits per heavy atom. The Labute approximate surface area is 155 Å². The van der Waals surface area contributed by atoms with Gasteiger partial charge in [0.2, 0.25) is 0 Å². The van der Waals surface area contributed by atoms with Crippen LogP contribution in [0.1, 0.15) is 26.3 Å². The molecule has 1 aliphatic heterocycles. The van der Waals surface area contributed by atoms with Gasteiger partial charge < -0.3 is 9.47 Å². The molecule has 1 aromatic rings. The number of carbonyl (C=O) groups is 1. The van der Waals surface area contributed by atoms with Crippen LogP contribution in [0.5, 0.6) is 11.5 Å². The van der Waals surface area contributed by atoms with Crippen molar-refractivity contribution in [2.75, 3.05) is 26.8 Å². The zero-order valence-electron chi connectivity index (χ0n) is 14.3. The van der Waals surface area contributed by atoms with E-state index in [4.69, 9.17) is 9.47 Å². The van der Waals surface area contributed by atoms with Gasteiger partial charge in [0.1, 0.15) is 0 Å². The average Bonchev–Trinajstić information content (AvgIpc) is 2.85. The van der Waals surface area contributed by atoms with Crippen LogP contribution < -0.4 is 9.47 Å². The molecular weight excluding hydrogens is 392 g/mol. The summed E-state index contributed by atoms with van der Waals surface area (Å²) in [4.78, 5) is 19.3. The van der Waals surface area contributed by atoms with Crippen molar-refractivity contribution in [2.45, 2.75) is 20.8 Å².